The molecule has 1 fully saturated rings. The predicted octanol–water partition coefficient (Wildman–Crippen LogP) is 3.78. The number of nitrogens with one attached hydrogen (secondary N) is 2. The van der Waals surface area contributed by atoms with Gasteiger partial charge in [-0.2, -0.15) is 0 Å². The van der Waals surface area contributed by atoms with Gasteiger partial charge in [-0.3, -0.25) is 0 Å². The first-order valence-corrected chi connectivity index (χ1v) is 9.48. The average Bonchev–Trinajstić information content (AvgIpc) is 3.10. The van der Waals surface area contributed by atoms with Crippen LogP contribution in [0.1, 0.15) is 29.5 Å². The molecular weight excluding hydrogens is 318 g/mol. The molecule has 128 valence electrons. The maximum absolute atomic E-state index is 12.1. The van der Waals surface area contributed by atoms with E-state index in [9.17, 15) is 4.79 Å². The molecule has 2 heterocycles. The van der Waals surface area contributed by atoms with Gasteiger partial charge in [0, 0.05) is 34.6 Å². The quantitative estimate of drug-likeness (QED) is 0.868. The summed E-state index contributed by atoms with van der Waals surface area (Å²) >= 11 is 1.77. The Bertz CT molecular complexity index is 648. The molecule has 5 heteroatoms. The fourth-order valence-electron chi connectivity index (χ4n) is 3.03. The molecule has 2 amide bonds. The third-order valence-corrected chi connectivity index (χ3v) is 5.67. The number of para-hydroxylation sites is 1. The van der Waals surface area contributed by atoms with Crippen molar-refractivity contribution in [2.75, 3.05) is 18.0 Å². The minimum absolute atomic E-state index is 0.0559. The molecule has 0 bridgehead atoms. The average molecular weight is 343 g/mol. The van der Waals surface area contributed by atoms with Crippen molar-refractivity contribution in [2.45, 2.75) is 38.8 Å². The summed E-state index contributed by atoms with van der Waals surface area (Å²) in [6.07, 6.45) is 3.03. The summed E-state index contributed by atoms with van der Waals surface area (Å²) in [6.45, 7) is 4.73. The molecule has 0 aliphatic carbocycles. The van der Waals surface area contributed by atoms with E-state index in [2.05, 4.69) is 58.9 Å². The molecule has 3 rings (SSSR count). The maximum Gasteiger partial charge on any atom is 0.315 e. The number of anilines is 1. The lowest BCUT2D eigenvalue weighted by Gasteiger charge is -2.33. The molecule has 1 aromatic heterocycles. The van der Waals surface area contributed by atoms with Crippen molar-refractivity contribution >= 4 is 23.1 Å². The zero-order valence-corrected chi connectivity index (χ0v) is 14.9. The minimum atomic E-state index is -0.0559. The van der Waals surface area contributed by atoms with E-state index in [4.69, 9.17) is 0 Å². The van der Waals surface area contributed by atoms with Crippen LogP contribution in [0.5, 0.6) is 0 Å². The second kappa shape index (κ2) is 8.20. The summed E-state index contributed by atoms with van der Waals surface area (Å²) in [5.74, 6) is 0. The van der Waals surface area contributed by atoms with Crippen LogP contribution in [-0.2, 0) is 13.0 Å². The Hall–Kier alpha value is -2.01. The molecule has 1 aromatic carbocycles. The summed E-state index contributed by atoms with van der Waals surface area (Å²) in [6, 6.07) is 14.9. The Balaban J connectivity index is 1.40. The van der Waals surface area contributed by atoms with E-state index in [1.54, 1.807) is 11.3 Å². The molecule has 4 nitrogen and oxygen atoms in total. The van der Waals surface area contributed by atoms with Crippen molar-refractivity contribution in [3.63, 3.8) is 0 Å². The molecule has 2 aromatic rings. The number of hydrogen-bond donors (Lipinski definition) is 2. The topological polar surface area (TPSA) is 44.4 Å². The summed E-state index contributed by atoms with van der Waals surface area (Å²) in [5.41, 5.74) is 1.27. The van der Waals surface area contributed by atoms with Crippen LogP contribution in [0.25, 0.3) is 0 Å². The Labute approximate surface area is 147 Å². The van der Waals surface area contributed by atoms with Crippen molar-refractivity contribution in [1.82, 2.24) is 10.6 Å². The van der Waals surface area contributed by atoms with E-state index in [1.165, 1.54) is 15.4 Å². The van der Waals surface area contributed by atoms with Gasteiger partial charge in [0.1, 0.15) is 0 Å². The van der Waals surface area contributed by atoms with Gasteiger partial charge in [-0.05, 0) is 43.5 Å². The number of rotatable bonds is 5. The molecule has 0 unspecified atom stereocenters. The lowest BCUT2D eigenvalue weighted by Crippen LogP contribution is -2.47. The van der Waals surface area contributed by atoms with Gasteiger partial charge in [-0.1, -0.05) is 25.1 Å². The van der Waals surface area contributed by atoms with Crippen molar-refractivity contribution in [2.24, 2.45) is 0 Å². The molecule has 1 aliphatic heterocycles. The number of benzene rings is 1. The van der Waals surface area contributed by atoms with Crippen molar-refractivity contribution < 1.29 is 4.79 Å². The van der Waals surface area contributed by atoms with Crippen LogP contribution in [0, 0.1) is 0 Å². The fraction of sp³-hybridized carbons (Fsp3) is 0.421. The van der Waals surface area contributed by atoms with Crippen LogP contribution in [0.2, 0.25) is 0 Å². The van der Waals surface area contributed by atoms with Gasteiger partial charge in [0.25, 0.3) is 0 Å². The first kappa shape index (κ1) is 16.8. The second-order valence-electron chi connectivity index (χ2n) is 6.15. The minimum Gasteiger partial charge on any atom is -0.371 e. The first-order valence-electron chi connectivity index (χ1n) is 8.66. The van der Waals surface area contributed by atoms with E-state index < -0.39 is 0 Å². The van der Waals surface area contributed by atoms with Crippen molar-refractivity contribution in [3.05, 3.63) is 52.2 Å². The van der Waals surface area contributed by atoms with E-state index in [1.807, 2.05) is 6.07 Å². The van der Waals surface area contributed by atoms with Gasteiger partial charge >= 0.3 is 6.03 Å². The number of carbonyl (C=O) groups excluding carboxylic acids is 1. The number of piperidine rings is 1. The second-order valence-corrected chi connectivity index (χ2v) is 7.40. The molecule has 0 saturated carbocycles. The standard InChI is InChI=1S/C19H25N3OS/c1-2-17-8-9-18(24-17)14-20-19(23)21-15-10-12-22(13-11-15)16-6-4-3-5-7-16/h3-9,15H,2,10-14H2,1H3,(H2,20,21,23). The number of carbonyl (C=O) groups is 1. The molecule has 0 radical (unpaired) electrons. The zero-order chi connectivity index (χ0) is 16.8. The largest absolute Gasteiger partial charge is 0.371 e. The summed E-state index contributed by atoms with van der Waals surface area (Å²) in [4.78, 5) is 17.0. The number of aryl methyl sites for hydroxylation is 1. The molecule has 2 N–H and O–H groups in total. The smallest absolute Gasteiger partial charge is 0.315 e. The highest BCUT2D eigenvalue weighted by molar-refractivity contribution is 7.11. The Kier molecular flexibility index (Phi) is 5.75. The SMILES string of the molecule is CCc1ccc(CNC(=O)NC2CCN(c3ccccc3)CC2)s1. The van der Waals surface area contributed by atoms with Gasteiger partial charge in [0.15, 0.2) is 0 Å². The normalized spacial score (nSPS) is 15.3. The molecular formula is C19H25N3OS. The summed E-state index contributed by atoms with van der Waals surface area (Å²) in [5, 5.41) is 6.08. The Morgan fingerprint density at radius 1 is 1.12 bits per heavy atom. The van der Waals surface area contributed by atoms with E-state index >= 15 is 0 Å². The highest BCUT2D eigenvalue weighted by Gasteiger charge is 2.20. The summed E-state index contributed by atoms with van der Waals surface area (Å²) < 4.78 is 0. The van der Waals surface area contributed by atoms with Crippen LogP contribution in [0.3, 0.4) is 0 Å². The number of hydrogen-bond acceptors (Lipinski definition) is 3. The first-order chi connectivity index (χ1) is 11.7. The van der Waals surface area contributed by atoms with Gasteiger partial charge in [0.2, 0.25) is 0 Å². The molecule has 0 spiro atoms. The highest BCUT2D eigenvalue weighted by atomic mass is 32.1. The van der Waals surface area contributed by atoms with Crippen LogP contribution in [0.15, 0.2) is 42.5 Å². The monoisotopic (exact) mass is 343 g/mol. The molecule has 24 heavy (non-hydrogen) atoms. The highest BCUT2D eigenvalue weighted by Crippen LogP contribution is 2.19. The number of nitrogens with zero attached hydrogens (tertiary/aromatic N) is 1. The number of thiophene rings is 1. The lowest BCUT2D eigenvalue weighted by atomic mass is 10.0. The fourth-order valence-corrected chi connectivity index (χ4v) is 3.93. The third kappa shape index (κ3) is 4.51. The van der Waals surface area contributed by atoms with E-state index in [-0.39, 0.29) is 12.1 Å². The molecule has 1 aliphatic rings. The summed E-state index contributed by atoms with van der Waals surface area (Å²) in [7, 11) is 0. The van der Waals surface area contributed by atoms with E-state index in [0.29, 0.717) is 6.54 Å². The van der Waals surface area contributed by atoms with Crippen molar-refractivity contribution in [1.29, 1.82) is 0 Å². The maximum atomic E-state index is 12.1. The van der Waals surface area contributed by atoms with Gasteiger partial charge < -0.3 is 15.5 Å². The van der Waals surface area contributed by atoms with E-state index in [0.717, 1.165) is 32.4 Å². The van der Waals surface area contributed by atoms with Gasteiger partial charge in [-0.15, -0.1) is 11.3 Å². The van der Waals surface area contributed by atoms with Gasteiger partial charge in [-0.25, -0.2) is 4.79 Å². The van der Waals surface area contributed by atoms with Crippen LogP contribution in [-0.4, -0.2) is 25.2 Å². The van der Waals surface area contributed by atoms with Gasteiger partial charge in [0.05, 0.1) is 6.54 Å². The van der Waals surface area contributed by atoms with Crippen LogP contribution in [0.4, 0.5) is 10.5 Å². The van der Waals surface area contributed by atoms with Crippen molar-refractivity contribution in [3.8, 4) is 0 Å². The lowest BCUT2D eigenvalue weighted by molar-refractivity contribution is 0.234. The zero-order valence-electron chi connectivity index (χ0n) is 14.1. The number of urea groups is 1. The number of amides is 2. The van der Waals surface area contributed by atoms with Crippen LogP contribution >= 0.6 is 11.3 Å². The molecule has 0 atom stereocenters. The predicted molar refractivity (Wildman–Crippen MR) is 101 cm³/mol. The Morgan fingerprint density at radius 3 is 2.50 bits per heavy atom. The third-order valence-electron chi connectivity index (χ3n) is 4.44. The molecule has 1 saturated heterocycles. The Morgan fingerprint density at radius 2 is 1.83 bits per heavy atom. The van der Waals surface area contributed by atoms with Crippen LogP contribution < -0.4 is 15.5 Å².